The molecule has 0 spiro atoms. The predicted octanol–water partition coefficient (Wildman–Crippen LogP) is 2.51. The third-order valence-electron chi connectivity index (χ3n) is 1.46. The van der Waals surface area contributed by atoms with Gasteiger partial charge in [0.1, 0.15) is 5.75 Å². The van der Waals surface area contributed by atoms with Gasteiger partial charge in [0.15, 0.2) is 0 Å². The number of benzene rings is 1. The fourth-order valence-corrected chi connectivity index (χ4v) is 0.886. The van der Waals surface area contributed by atoms with Crippen molar-refractivity contribution >= 4 is 5.69 Å². The lowest BCUT2D eigenvalue weighted by atomic mass is 10.2. The van der Waals surface area contributed by atoms with Crippen LogP contribution >= 0.6 is 0 Å². The Kier molecular flexibility index (Phi) is 2.74. The highest BCUT2D eigenvalue weighted by Gasteiger charge is 2.01. The summed E-state index contributed by atoms with van der Waals surface area (Å²) in [6.07, 6.45) is 0. The molecule has 0 saturated carbocycles. The van der Waals surface area contributed by atoms with E-state index in [1.165, 1.54) is 13.2 Å². The molecule has 0 amide bonds. The molecule has 5 nitrogen and oxygen atoms in total. The summed E-state index contributed by atoms with van der Waals surface area (Å²) in [4.78, 5) is 2.63. The van der Waals surface area contributed by atoms with Crippen molar-refractivity contribution < 1.29 is 4.74 Å². The summed E-state index contributed by atoms with van der Waals surface area (Å²) in [5.41, 5.74) is 8.98. The molecule has 0 aliphatic carbocycles. The van der Waals surface area contributed by atoms with Crippen LogP contribution in [0.25, 0.3) is 10.4 Å². The Morgan fingerprint density at radius 1 is 1.62 bits per heavy atom. The zero-order valence-electron chi connectivity index (χ0n) is 6.93. The zero-order valence-corrected chi connectivity index (χ0v) is 6.93. The van der Waals surface area contributed by atoms with Crippen molar-refractivity contribution in [3.8, 4) is 11.8 Å². The first-order valence-corrected chi connectivity index (χ1v) is 3.45. The maximum atomic E-state index is 8.57. The number of nitriles is 1. The van der Waals surface area contributed by atoms with Crippen molar-refractivity contribution in [1.29, 1.82) is 5.26 Å². The predicted molar refractivity (Wildman–Crippen MR) is 46.5 cm³/mol. The van der Waals surface area contributed by atoms with Gasteiger partial charge in [0, 0.05) is 4.91 Å². The van der Waals surface area contributed by atoms with Gasteiger partial charge in [-0.15, -0.1) is 0 Å². The number of nitrogens with zero attached hydrogens (tertiary/aromatic N) is 4. The van der Waals surface area contributed by atoms with Crippen LogP contribution in [0.3, 0.4) is 0 Å². The van der Waals surface area contributed by atoms with E-state index in [9.17, 15) is 0 Å². The Morgan fingerprint density at radius 2 is 2.38 bits per heavy atom. The Labute approximate surface area is 74.8 Å². The topological polar surface area (TPSA) is 81.8 Å². The molecule has 0 unspecified atom stereocenters. The number of methoxy groups -OCH3 is 1. The van der Waals surface area contributed by atoms with Crippen molar-refractivity contribution in [3.05, 3.63) is 34.2 Å². The highest BCUT2D eigenvalue weighted by Crippen LogP contribution is 2.27. The van der Waals surface area contributed by atoms with Crippen LogP contribution in [-0.4, -0.2) is 7.11 Å². The van der Waals surface area contributed by atoms with Crippen molar-refractivity contribution in [2.24, 2.45) is 5.11 Å². The van der Waals surface area contributed by atoms with Gasteiger partial charge in [-0.25, -0.2) is 0 Å². The van der Waals surface area contributed by atoms with Crippen LogP contribution in [0.2, 0.25) is 0 Å². The van der Waals surface area contributed by atoms with Crippen molar-refractivity contribution in [1.82, 2.24) is 0 Å². The molecule has 0 aliphatic rings. The summed E-state index contributed by atoms with van der Waals surface area (Å²) < 4.78 is 4.92. The number of rotatable bonds is 2. The van der Waals surface area contributed by atoms with Crippen LogP contribution < -0.4 is 4.74 Å². The molecule has 1 aromatic rings. The molecule has 0 aliphatic heterocycles. The first-order chi connectivity index (χ1) is 6.31. The Hall–Kier alpha value is -2.18. The minimum atomic E-state index is 0.323. The summed E-state index contributed by atoms with van der Waals surface area (Å²) in [5.74, 6) is 0.455. The zero-order chi connectivity index (χ0) is 9.68. The van der Waals surface area contributed by atoms with E-state index in [-0.39, 0.29) is 0 Å². The first-order valence-electron chi connectivity index (χ1n) is 3.45. The molecule has 0 radical (unpaired) electrons. The Morgan fingerprint density at radius 3 is 2.92 bits per heavy atom. The normalized spacial score (nSPS) is 8.31. The molecular weight excluding hydrogens is 168 g/mol. The molecule has 0 N–H and O–H groups in total. The van der Waals surface area contributed by atoms with Crippen LogP contribution in [0.1, 0.15) is 5.56 Å². The van der Waals surface area contributed by atoms with Gasteiger partial charge in [0.05, 0.1) is 24.4 Å². The van der Waals surface area contributed by atoms with Gasteiger partial charge in [-0.1, -0.05) is 5.11 Å². The molecule has 13 heavy (non-hydrogen) atoms. The third kappa shape index (κ3) is 1.89. The number of ether oxygens (including phenoxy) is 1. The minimum Gasteiger partial charge on any atom is -0.496 e. The van der Waals surface area contributed by atoms with E-state index in [0.717, 1.165) is 0 Å². The maximum absolute atomic E-state index is 8.57. The van der Waals surface area contributed by atoms with E-state index in [4.69, 9.17) is 15.5 Å². The van der Waals surface area contributed by atoms with Crippen LogP contribution in [0.4, 0.5) is 5.69 Å². The van der Waals surface area contributed by atoms with E-state index in [1.54, 1.807) is 12.1 Å². The standard InChI is InChI=1S/C8H6N4O/c1-13-8-3-2-6(5-9)4-7(8)11-12-10/h2-4H,1H3. The van der Waals surface area contributed by atoms with Gasteiger partial charge in [0.2, 0.25) is 0 Å². The smallest absolute Gasteiger partial charge is 0.128 e. The number of hydrogen-bond acceptors (Lipinski definition) is 3. The van der Waals surface area contributed by atoms with E-state index < -0.39 is 0 Å². The molecule has 0 fully saturated rings. The van der Waals surface area contributed by atoms with Gasteiger partial charge in [-0.05, 0) is 23.7 Å². The third-order valence-corrected chi connectivity index (χ3v) is 1.46. The molecule has 0 bridgehead atoms. The second-order valence-corrected chi connectivity index (χ2v) is 2.19. The summed E-state index contributed by atoms with van der Waals surface area (Å²) in [7, 11) is 1.47. The average molecular weight is 174 g/mol. The summed E-state index contributed by atoms with van der Waals surface area (Å²) >= 11 is 0. The lowest BCUT2D eigenvalue weighted by molar-refractivity contribution is 0.416. The molecule has 0 saturated heterocycles. The highest BCUT2D eigenvalue weighted by atomic mass is 16.5. The van der Waals surface area contributed by atoms with Crippen molar-refractivity contribution in [3.63, 3.8) is 0 Å². The minimum absolute atomic E-state index is 0.323. The second-order valence-electron chi connectivity index (χ2n) is 2.19. The summed E-state index contributed by atoms with van der Waals surface area (Å²) in [5, 5.41) is 12.0. The molecule has 1 rings (SSSR count). The fourth-order valence-electron chi connectivity index (χ4n) is 0.886. The lowest BCUT2D eigenvalue weighted by Crippen LogP contribution is -1.83. The van der Waals surface area contributed by atoms with Gasteiger partial charge in [0.25, 0.3) is 0 Å². The second kappa shape index (κ2) is 4.00. The van der Waals surface area contributed by atoms with E-state index in [1.807, 2.05) is 6.07 Å². The van der Waals surface area contributed by atoms with Crippen LogP contribution in [0.15, 0.2) is 23.3 Å². The van der Waals surface area contributed by atoms with E-state index in [2.05, 4.69) is 10.0 Å². The molecular formula is C8H6N4O. The van der Waals surface area contributed by atoms with Gasteiger partial charge in [-0.3, -0.25) is 0 Å². The number of hydrogen-bond donors (Lipinski definition) is 0. The Balaban J connectivity index is 3.27. The quantitative estimate of drug-likeness (QED) is 0.392. The fraction of sp³-hybridized carbons (Fsp3) is 0.125. The highest BCUT2D eigenvalue weighted by molar-refractivity contribution is 5.55. The lowest BCUT2D eigenvalue weighted by Gasteiger charge is -2.02. The molecule has 1 aromatic carbocycles. The largest absolute Gasteiger partial charge is 0.496 e. The van der Waals surface area contributed by atoms with Gasteiger partial charge >= 0.3 is 0 Å². The van der Waals surface area contributed by atoms with Crippen LogP contribution in [0, 0.1) is 11.3 Å². The maximum Gasteiger partial charge on any atom is 0.128 e. The molecule has 0 atom stereocenters. The van der Waals surface area contributed by atoms with Crippen LogP contribution in [0.5, 0.6) is 5.75 Å². The SMILES string of the molecule is COc1ccc(C#N)cc1N=[N+]=[N-]. The summed E-state index contributed by atoms with van der Waals surface area (Å²) in [6, 6.07) is 6.59. The molecule has 0 aromatic heterocycles. The van der Waals surface area contributed by atoms with Crippen molar-refractivity contribution in [2.45, 2.75) is 0 Å². The average Bonchev–Trinajstić information content (AvgIpc) is 2.18. The van der Waals surface area contributed by atoms with E-state index in [0.29, 0.717) is 17.0 Å². The van der Waals surface area contributed by atoms with Gasteiger partial charge < -0.3 is 4.74 Å². The van der Waals surface area contributed by atoms with Crippen molar-refractivity contribution in [2.75, 3.05) is 7.11 Å². The molecule has 0 heterocycles. The Bertz CT molecular complexity index is 401. The van der Waals surface area contributed by atoms with Gasteiger partial charge in [-0.2, -0.15) is 5.26 Å². The molecule has 64 valence electrons. The van der Waals surface area contributed by atoms with E-state index >= 15 is 0 Å². The van der Waals surface area contributed by atoms with Crippen LogP contribution in [-0.2, 0) is 0 Å². The monoisotopic (exact) mass is 174 g/mol. The summed E-state index contributed by atoms with van der Waals surface area (Å²) in [6.45, 7) is 0. The molecule has 5 heteroatoms. The number of azide groups is 1. The first kappa shape index (κ1) is 8.91.